The molecular weight excluding hydrogens is 570 g/mol. The summed E-state index contributed by atoms with van der Waals surface area (Å²) in [6, 6.07) is 28.5. The SMILES string of the molecule is O=C(OCC(F)(F)S(=O)(=O)[O-])C12CC3CC(CC(C3)C1)C2.Oc1ccc([S+](c2ccccc2)c2ccccc2)cc1. The molecule has 4 bridgehead atoms. The average molecular weight is 603 g/mol. The van der Waals surface area contributed by atoms with Crippen molar-refractivity contribution in [3.63, 3.8) is 0 Å². The molecule has 41 heavy (non-hydrogen) atoms. The van der Waals surface area contributed by atoms with Crippen molar-refractivity contribution in [2.75, 3.05) is 6.61 Å². The third kappa shape index (κ3) is 6.60. The van der Waals surface area contributed by atoms with Crippen LogP contribution in [0.2, 0.25) is 0 Å². The third-order valence-electron chi connectivity index (χ3n) is 8.24. The number of esters is 1. The molecule has 4 saturated carbocycles. The highest BCUT2D eigenvalue weighted by Crippen LogP contribution is 2.60. The van der Waals surface area contributed by atoms with Gasteiger partial charge in [-0.3, -0.25) is 4.79 Å². The first-order valence-electron chi connectivity index (χ1n) is 13.6. The van der Waals surface area contributed by atoms with Crippen molar-refractivity contribution in [1.29, 1.82) is 0 Å². The predicted octanol–water partition coefficient (Wildman–Crippen LogP) is 6.37. The van der Waals surface area contributed by atoms with E-state index in [1.807, 2.05) is 24.3 Å². The van der Waals surface area contributed by atoms with Crippen LogP contribution in [0.5, 0.6) is 5.75 Å². The molecule has 0 radical (unpaired) electrons. The highest BCUT2D eigenvalue weighted by Gasteiger charge is 2.56. The Labute approximate surface area is 241 Å². The van der Waals surface area contributed by atoms with E-state index in [1.54, 1.807) is 12.1 Å². The van der Waals surface area contributed by atoms with Crippen LogP contribution >= 0.6 is 0 Å². The third-order valence-corrected chi connectivity index (χ3v) is 11.3. The van der Waals surface area contributed by atoms with Gasteiger partial charge < -0.3 is 14.4 Å². The van der Waals surface area contributed by atoms with Crippen molar-refractivity contribution in [1.82, 2.24) is 0 Å². The largest absolute Gasteiger partial charge is 0.743 e. The van der Waals surface area contributed by atoms with Gasteiger partial charge in [-0.2, -0.15) is 8.78 Å². The first-order chi connectivity index (χ1) is 19.5. The fraction of sp³-hybridized carbons (Fsp3) is 0.387. The van der Waals surface area contributed by atoms with Crippen molar-refractivity contribution < 1.29 is 36.4 Å². The lowest BCUT2D eigenvalue weighted by Gasteiger charge is -2.55. The van der Waals surface area contributed by atoms with Crippen molar-refractivity contribution in [3.05, 3.63) is 84.9 Å². The van der Waals surface area contributed by atoms with Gasteiger partial charge in [-0.15, -0.1) is 0 Å². The van der Waals surface area contributed by atoms with E-state index in [0.29, 0.717) is 42.8 Å². The zero-order chi connectivity index (χ0) is 29.3. The Morgan fingerprint density at radius 3 is 1.66 bits per heavy atom. The standard InChI is InChI=1S/C18H14OS.C13H18F2O5S/c19-15-11-13-18(14-12-15)20(16-7-3-1-4-8-16)17-9-5-2-6-10-17;14-13(15,21(17,18)19)7-20-11(16)12-4-8-1-9(5-12)3-10(2-8)6-12/h1-14H;8-10H,1-7H2,(H,17,18,19). The number of ether oxygens (including phenoxy) is 1. The van der Waals surface area contributed by atoms with Crippen LogP contribution in [0.15, 0.2) is 99.6 Å². The molecule has 218 valence electrons. The summed E-state index contributed by atoms with van der Waals surface area (Å²) in [5.74, 6) is 0.857. The summed E-state index contributed by atoms with van der Waals surface area (Å²) in [5, 5.41) is 4.92. The number of carbonyl (C=O) groups excluding carboxylic acids is 1. The molecule has 4 fully saturated rings. The van der Waals surface area contributed by atoms with Crippen LogP contribution in [0.25, 0.3) is 0 Å². The van der Waals surface area contributed by atoms with Crippen molar-refractivity contribution in [2.24, 2.45) is 23.2 Å². The number of phenols is 1. The topological polar surface area (TPSA) is 104 Å². The number of carbonyl (C=O) groups is 1. The van der Waals surface area contributed by atoms with Crippen molar-refractivity contribution in [3.8, 4) is 5.75 Å². The molecule has 0 atom stereocenters. The smallest absolute Gasteiger partial charge is 0.367 e. The van der Waals surface area contributed by atoms with E-state index in [4.69, 9.17) is 0 Å². The van der Waals surface area contributed by atoms with E-state index in [1.165, 1.54) is 14.7 Å². The van der Waals surface area contributed by atoms with Gasteiger partial charge in [0, 0.05) is 0 Å². The number of hydrogen-bond donors (Lipinski definition) is 1. The first-order valence-corrected chi connectivity index (χ1v) is 16.2. The molecular formula is C31H32F2O6S2. The normalized spacial score (nSPS) is 24.9. The maximum absolute atomic E-state index is 13.1. The Balaban J connectivity index is 0.000000165. The molecule has 0 spiro atoms. The van der Waals surface area contributed by atoms with E-state index < -0.39 is 33.4 Å². The van der Waals surface area contributed by atoms with Crippen LogP contribution in [-0.4, -0.2) is 35.9 Å². The lowest BCUT2D eigenvalue weighted by Crippen LogP contribution is -2.51. The molecule has 0 amide bonds. The monoisotopic (exact) mass is 602 g/mol. The molecule has 4 aliphatic rings. The maximum atomic E-state index is 13.1. The highest BCUT2D eigenvalue weighted by molar-refractivity contribution is 7.97. The summed E-state index contributed by atoms with van der Waals surface area (Å²) < 4.78 is 62.0. The summed E-state index contributed by atoms with van der Waals surface area (Å²) >= 11 is 0. The van der Waals surface area contributed by atoms with E-state index in [-0.39, 0.29) is 10.9 Å². The van der Waals surface area contributed by atoms with Crippen LogP contribution in [-0.2, 0) is 30.5 Å². The Bertz CT molecular complexity index is 1370. The minimum absolute atomic E-state index is 0.134. The van der Waals surface area contributed by atoms with Gasteiger partial charge in [0.25, 0.3) is 0 Å². The summed E-state index contributed by atoms with van der Waals surface area (Å²) in [7, 11) is -5.95. The molecule has 0 aliphatic heterocycles. The molecule has 4 aliphatic carbocycles. The van der Waals surface area contributed by atoms with Gasteiger partial charge >= 0.3 is 11.2 Å². The first kappa shape index (κ1) is 29.5. The number of hydrogen-bond acceptors (Lipinski definition) is 6. The van der Waals surface area contributed by atoms with Gasteiger partial charge in [0.1, 0.15) is 5.75 Å². The average Bonchev–Trinajstić information content (AvgIpc) is 2.93. The van der Waals surface area contributed by atoms with Gasteiger partial charge in [-0.25, -0.2) is 8.42 Å². The van der Waals surface area contributed by atoms with Gasteiger partial charge in [-0.1, -0.05) is 36.4 Å². The summed E-state index contributed by atoms with van der Waals surface area (Å²) in [5.41, 5.74) is -0.739. The molecule has 0 aromatic heterocycles. The number of phenolic OH excluding ortho intramolecular Hbond substituents is 1. The Kier molecular flexibility index (Phi) is 8.46. The quantitative estimate of drug-likeness (QED) is 0.191. The fourth-order valence-corrected chi connectivity index (χ4v) is 9.13. The number of benzene rings is 3. The van der Waals surface area contributed by atoms with E-state index in [0.717, 1.165) is 19.3 Å². The van der Waals surface area contributed by atoms with Crippen LogP contribution in [0.4, 0.5) is 8.78 Å². The van der Waals surface area contributed by atoms with Crippen molar-refractivity contribution in [2.45, 2.75) is 58.5 Å². The van der Waals surface area contributed by atoms with Crippen LogP contribution in [0, 0.1) is 23.2 Å². The molecule has 6 nitrogen and oxygen atoms in total. The molecule has 10 heteroatoms. The second-order valence-electron chi connectivity index (χ2n) is 11.3. The second kappa shape index (κ2) is 11.7. The van der Waals surface area contributed by atoms with Gasteiger partial charge in [0.15, 0.2) is 31.4 Å². The summed E-state index contributed by atoms with van der Waals surface area (Å²) in [4.78, 5) is 16.0. The zero-order valence-corrected chi connectivity index (χ0v) is 24.0. The van der Waals surface area contributed by atoms with E-state index >= 15 is 0 Å². The zero-order valence-electron chi connectivity index (χ0n) is 22.3. The minimum atomic E-state index is -5.81. The minimum Gasteiger partial charge on any atom is -0.743 e. The highest BCUT2D eigenvalue weighted by atomic mass is 32.2. The lowest BCUT2D eigenvalue weighted by atomic mass is 9.49. The predicted molar refractivity (Wildman–Crippen MR) is 149 cm³/mol. The number of alkyl halides is 2. The molecule has 0 heterocycles. The maximum Gasteiger partial charge on any atom is 0.367 e. The van der Waals surface area contributed by atoms with Crippen LogP contribution in [0.1, 0.15) is 38.5 Å². The Morgan fingerprint density at radius 1 is 0.829 bits per heavy atom. The van der Waals surface area contributed by atoms with Gasteiger partial charge in [0.2, 0.25) is 0 Å². The van der Waals surface area contributed by atoms with Gasteiger partial charge in [0.05, 0.1) is 16.3 Å². The molecule has 7 rings (SSSR count). The Hall–Kier alpha value is -2.95. The van der Waals surface area contributed by atoms with Crippen LogP contribution < -0.4 is 0 Å². The molecule has 0 unspecified atom stereocenters. The molecule has 3 aromatic carbocycles. The lowest BCUT2D eigenvalue weighted by molar-refractivity contribution is -0.176. The van der Waals surface area contributed by atoms with E-state index in [9.17, 15) is 31.7 Å². The second-order valence-corrected chi connectivity index (χ2v) is 14.8. The van der Waals surface area contributed by atoms with Gasteiger partial charge in [-0.05, 0) is 105 Å². The van der Waals surface area contributed by atoms with E-state index in [2.05, 4.69) is 53.3 Å². The number of aromatic hydroxyl groups is 1. The number of halogens is 2. The summed E-state index contributed by atoms with van der Waals surface area (Å²) in [6.45, 7) is -1.68. The molecule has 0 saturated heterocycles. The Morgan fingerprint density at radius 2 is 1.24 bits per heavy atom. The van der Waals surface area contributed by atoms with Crippen molar-refractivity contribution >= 4 is 27.0 Å². The summed E-state index contributed by atoms with van der Waals surface area (Å²) in [6.07, 6.45) is 5.14. The number of rotatable bonds is 7. The fourth-order valence-electron chi connectivity index (χ4n) is 6.84. The molecule has 1 N–H and O–H groups in total. The molecule has 3 aromatic rings. The van der Waals surface area contributed by atoms with Crippen LogP contribution in [0.3, 0.4) is 0 Å².